The van der Waals surface area contributed by atoms with Crippen molar-refractivity contribution in [1.29, 1.82) is 0 Å². The van der Waals surface area contributed by atoms with Gasteiger partial charge in [-0.05, 0) is 24.3 Å². The summed E-state index contributed by atoms with van der Waals surface area (Å²) in [5, 5.41) is 2.71. The van der Waals surface area contributed by atoms with Crippen molar-refractivity contribution in [3.05, 3.63) is 71.8 Å². The summed E-state index contributed by atoms with van der Waals surface area (Å²) in [4.78, 5) is 37.1. The van der Waals surface area contributed by atoms with Gasteiger partial charge < -0.3 is 5.32 Å². The average molecular weight is 310 g/mol. The summed E-state index contributed by atoms with van der Waals surface area (Å²) in [5.41, 5.74) is 0.980. The standard InChI is InChI=1S/C18H18N2O3/c1-14(21)20(18(23)16-10-6-3-7-11-16)13-12-19-17(22)15-8-4-2-5-9-15/h2-11H,12-13H2,1H3,(H,19,22). The van der Waals surface area contributed by atoms with Crippen molar-refractivity contribution >= 4 is 17.7 Å². The molecule has 3 amide bonds. The second-order valence-corrected chi connectivity index (χ2v) is 4.96. The first-order valence-corrected chi connectivity index (χ1v) is 7.30. The molecule has 1 N–H and O–H groups in total. The lowest BCUT2D eigenvalue weighted by Gasteiger charge is -2.19. The number of imide groups is 1. The van der Waals surface area contributed by atoms with Crippen molar-refractivity contribution in [2.45, 2.75) is 6.92 Å². The third kappa shape index (κ3) is 4.51. The highest BCUT2D eigenvalue weighted by Crippen LogP contribution is 2.05. The van der Waals surface area contributed by atoms with Crippen molar-refractivity contribution in [2.24, 2.45) is 0 Å². The number of nitrogens with zero attached hydrogens (tertiary/aromatic N) is 1. The quantitative estimate of drug-likeness (QED) is 0.919. The Morgan fingerprint density at radius 3 is 1.91 bits per heavy atom. The number of hydrogen-bond donors (Lipinski definition) is 1. The van der Waals surface area contributed by atoms with Gasteiger partial charge in [-0.15, -0.1) is 0 Å². The smallest absolute Gasteiger partial charge is 0.260 e. The van der Waals surface area contributed by atoms with Gasteiger partial charge >= 0.3 is 0 Å². The molecule has 118 valence electrons. The van der Waals surface area contributed by atoms with Gasteiger partial charge in [0.1, 0.15) is 0 Å². The molecule has 2 aromatic rings. The largest absolute Gasteiger partial charge is 0.350 e. The van der Waals surface area contributed by atoms with E-state index in [0.29, 0.717) is 11.1 Å². The van der Waals surface area contributed by atoms with Crippen LogP contribution in [0.25, 0.3) is 0 Å². The number of amides is 3. The molecule has 2 aromatic carbocycles. The van der Waals surface area contributed by atoms with Gasteiger partial charge in [0.05, 0.1) is 0 Å². The van der Waals surface area contributed by atoms with Gasteiger partial charge in [0.15, 0.2) is 0 Å². The Morgan fingerprint density at radius 1 is 0.870 bits per heavy atom. The molecule has 0 aromatic heterocycles. The van der Waals surface area contributed by atoms with Gasteiger partial charge in [-0.2, -0.15) is 0 Å². The van der Waals surface area contributed by atoms with Gasteiger partial charge in [-0.3, -0.25) is 19.3 Å². The third-order valence-corrected chi connectivity index (χ3v) is 3.30. The van der Waals surface area contributed by atoms with Crippen LogP contribution in [-0.2, 0) is 4.79 Å². The lowest BCUT2D eigenvalue weighted by molar-refractivity contribution is -0.126. The summed E-state index contributed by atoms with van der Waals surface area (Å²) in [5.74, 6) is -0.957. The van der Waals surface area contributed by atoms with E-state index in [1.807, 2.05) is 6.07 Å². The Labute approximate surface area is 134 Å². The fraction of sp³-hybridized carbons (Fsp3) is 0.167. The summed E-state index contributed by atoms with van der Waals surface area (Å²) in [6.07, 6.45) is 0. The summed E-state index contributed by atoms with van der Waals surface area (Å²) in [6.45, 7) is 1.66. The van der Waals surface area contributed by atoms with E-state index in [1.54, 1.807) is 54.6 Å². The summed E-state index contributed by atoms with van der Waals surface area (Å²) in [6, 6.07) is 17.4. The molecule has 0 atom stereocenters. The Morgan fingerprint density at radius 2 is 1.39 bits per heavy atom. The molecule has 0 radical (unpaired) electrons. The van der Waals surface area contributed by atoms with Crippen LogP contribution in [0.3, 0.4) is 0 Å². The molecule has 0 aliphatic carbocycles. The summed E-state index contributed by atoms with van der Waals surface area (Å²) >= 11 is 0. The van der Waals surface area contributed by atoms with E-state index in [2.05, 4.69) is 5.32 Å². The fourth-order valence-electron chi connectivity index (χ4n) is 2.11. The highest BCUT2D eigenvalue weighted by Gasteiger charge is 2.19. The molecule has 0 heterocycles. The molecule has 0 bridgehead atoms. The van der Waals surface area contributed by atoms with Crippen molar-refractivity contribution in [1.82, 2.24) is 10.2 Å². The minimum atomic E-state index is -0.368. The molecule has 2 rings (SSSR count). The minimum Gasteiger partial charge on any atom is -0.350 e. The van der Waals surface area contributed by atoms with Gasteiger partial charge in [0, 0.05) is 31.1 Å². The van der Waals surface area contributed by atoms with Crippen LogP contribution in [0.1, 0.15) is 27.6 Å². The summed E-state index contributed by atoms with van der Waals surface area (Å²) < 4.78 is 0. The second-order valence-electron chi connectivity index (χ2n) is 4.96. The first kappa shape index (κ1) is 16.4. The van der Waals surface area contributed by atoms with Crippen molar-refractivity contribution in [3.63, 3.8) is 0 Å². The first-order valence-electron chi connectivity index (χ1n) is 7.30. The van der Waals surface area contributed by atoms with E-state index in [0.717, 1.165) is 4.90 Å². The third-order valence-electron chi connectivity index (χ3n) is 3.30. The van der Waals surface area contributed by atoms with E-state index in [4.69, 9.17) is 0 Å². The zero-order valence-electron chi connectivity index (χ0n) is 12.9. The Kier molecular flexibility index (Phi) is 5.63. The van der Waals surface area contributed by atoms with Crippen LogP contribution in [0.4, 0.5) is 0 Å². The van der Waals surface area contributed by atoms with Gasteiger partial charge in [-0.1, -0.05) is 36.4 Å². The topological polar surface area (TPSA) is 66.5 Å². The van der Waals surface area contributed by atoms with E-state index in [-0.39, 0.29) is 30.8 Å². The van der Waals surface area contributed by atoms with Crippen LogP contribution < -0.4 is 5.32 Å². The number of nitrogens with one attached hydrogen (secondary N) is 1. The molecule has 0 aliphatic heterocycles. The Balaban J connectivity index is 1.94. The Bertz CT molecular complexity index is 684. The van der Waals surface area contributed by atoms with Crippen LogP contribution in [0.5, 0.6) is 0 Å². The van der Waals surface area contributed by atoms with Crippen molar-refractivity contribution in [3.8, 4) is 0 Å². The number of hydrogen-bond acceptors (Lipinski definition) is 3. The maximum atomic E-state index is 12.3. The number of benzene rings is 2. The molecule has 0 aliphatic rings. The van der Waals surface area contributed by atoms with E-state index >= 15 is 0 Å². The van der Waals surface area contributed by atoms with Crippen LogP contribution in [0.15, 0.2) is 60.7 Å². The predicted octanol–water partition coefficient (Wildman–Crippen LogP) is 2.11. The Hall–Kier alpha value is -2.95. The monoisotopic (exact) mass is 310 g/mol. The minimum absolute atomic E-state index is 0.127. The molecule has 0 fully saturated rings. The van der Waals surface area contributed by atoms with E-state index in [1.165, 1.54) is 6.92 Å². The average Bonchev–Trinajstić information content (AvgIpc) is 2.59. The normalized spacial score (nSPS) is 9.96. The molecule has 5 nitrogen and oxygen atoms in total. The zero-order valence-corrected chi connectivity index (χ0v) is 12.9. The van der Waals surface area contributed by atoms with E-state index in [9.17, 15) is 14.4 Å². The molecular weight excluding hydrogens is 292 g/mol. The lowest BCUT2D eigenvalue weighted by atomic mass is 10.2. The fourth-order valence-corrected chi connectivity index (χ4v) is 2.11. The molecule has 0 saturated heterocycles. The molecule has 0 saturated carbocycles. The van der Waals surface area contributed by atoms with Crippen molar-refractivity contribution in [2.75, 3.05) is 13.1 Å². The zero-order chi connectivity index (χ0) is 16.7. The van der Waals surface area contributed by atoms with Crippen LogP contribution in [-0.4, -0.2) is 35.7 Å². The second kappa shape index (κ2) is 7.89. The predicted molar refractivity (Wildman–Crippen MR) is 86.9 cm³/mol. The van der Waals surface area contributed by atoms with E-state index < -0.39 is 0 Å². The molecule has 5 heteroatoms. The van der Waals surface area contributed by atoms with Crippen LogP contribution in [0, 0.1) is 0 Å². The maximum Gasteiger partial charge on any atom is 0.260 e. The number of carbonyl (C=O) groups excluding carboxylic acids is 3. The lowest BCUT2D eigenvalue weighted by Crippen LogP contribution is -2.41. The van der Waals surface area contributed by atoms with Gasteiger partial charge in [0.2, 0.25) is 5.91 Å². The molecule has 23 heavy (non-hydrogen) atoms. The molecule has 0 unspecified atom stereocenters. The van der Waals surface area contributed by atoms with Gasteiger partial charge in [-0.25, -0.2) is 0 Å². The van der Waals surface area contributed by atoms with Crippen molar-refractivity contribution < 1.29 is 14.4 Å². The number of carbonyl (C=O) groups is 3. The number of rotatable bonds is 5. The highest BCUT2D eigenvalue weighted by atomic mass is 16.2. The summed E-state index contributed by atoms with van der Waals surface area (Å²) in [7, 11) is 0. The van der Waals surface area contributed by atoms with Crippen LogP contribution in [0.2, 0.25) is 0 Å². The molecular formula is C18H18N2O3. The van der Waals surface area contributed by atoms with Gasteiger partial charge in [0.25, 0.3) is 11.8 Å². The van der Waals surface area contributed by atoms with Crippen LogP contribution >= 0.6 is 0 Å². The highest BCUT2D eigenvalue weighted by molar-refractivity contribution is 6.04. The maximum absolute atomic E-state index is 12.3. The first-order chi connectivity index (χ1) is 11.1. The SMILES string of the molecule is CC(=O)N(CCNC(=O)c1ccccc1)C(=O)c1ccccc1. The molecule has 0 spiro atoms.